The van der Waals surface area contributed by atoms with Crippen molar-refractivity contribution < 1.29 is 4.79 Å². The largest absolute Gasteiger partial charge is 0.354 e. The van der Waals surface area contributed by atoms with E-state index in [2.05, 4.69) is 19.2 Å². The maximum Gasteiger partial charge on any atom is 0.223 e. The van der Waals surface area contributed by atoms with Crippen LogP contribution in [0.4, 0.5) is 0 Å². The van der Waals surface area contributed by atoms with Crippen LogP contribution in [0.15, 0.2) is 0 Å². The summed E-state index contributed by atoms with van der Waals surface area (Å²) in [6, 6.07) is 0.0787. The zero-order valence-electron chi connectivity index (χ0n) is 12.5. The van der Waals surface area contributed by atoms with Gasteiger partial charge in [0.25, 0.3) is 0 Å². The lowest BCUT2D eigenvalue weighted by molar-refractivity contribution is -0.127. The lowest BCUT2D eigenvalue weighted by atomic mass is 9.67. The molecule has 0 bridgehead atoms. The second-order valence-electron chi connectivity index (χ2n) is 6.97. The Morgan fingerprint density at radius 1 is 1.16 bits per heavy atom. The van der Waals surface area contributed by atoms with Crippen molar-refractivity contribution >= 4 is 5.91 Å². The Hall–Kier alpha value is -0.570. The molecule has 2 fully saturated rings. The van der Waals surface area contributed by atoms with Crippen LogP contribution in [0, 0.1) is 23.7 Å². The number of hydrogen-bond acceptors (Lipinski definition) is 2. The van der Waals surface area contributed by atoms with E-state index in [-0.39, 0.29) is 17.9 Å². The zero-order chi connectivity index (χ0) is 13.8. The summed E-state index contributed by atoms with van der Waals surface area (Å²) in [6.45, 7) is 4.83. The monoisotopic (exact) mass is 266 g/mol. The SMILES string of the molecule is CC(C)C(N)CNC(=O)C1CCC2CCCCC2C1. The fraction of sp³-hybridized carbons (Fsp3) is 0.938. The molecule has 3 nitrogen and oxygen atoms in total. The second-order valence-corrected chi connectivity index (χ2v) is 6.97. The number of nitrogens with one attached hydrogen (secondary N) is 1. The molecule has 3 N–H and O–H groups in total. The molecular formula is C16H30N2O. The van der Waals surface area contributed by atoms with Crippen molar-refractivity contribution in [3.05, 3.63) is 0 Å². The predicted octanol–water partition coefficient (Wildman–Crippen LogP) is 2.69. The van der Waals surface area contributed by atoms with Gasteiger partial charge < -0.3 is 11.1 Å². The molecule has 0 aromatic heterocycles. The van der Waals surface area contributed by atoms with Gasteiger partial charge in [0.15, 0.2) is 0 Å². The van der Waals surface area contributed by atoms with E-state index in [0.29, 0.717) is 12.5 Å². The Balaban J connectivity index is 1.77. The fourth-order valence-electron chi connectivity index (χ4n) is 3.71. The first-order valence-electron chi connectivity index (χ1n) is 8.11. The minimum atomic E-state index is 0.0787. The molecule has 3 heteroatoms. The molecule has 2 aliphatic carbocycles. The normalized spacial score (nSPS) is 32.7. The Labute approximate surface area is 117 Å². The molecule has 2 aliphatic rings. The molecule has 0 aromatic rings. The van der Waals surface area contributed by atoms with Crippen molar-refractivity contribution in [2.75, 3.05) is 6.54 Å². The van der Waals surface area contributed by atoms with E-state index in [1.807, 2.05) is 0 Å². The Morgan fingerprint density at radius 3 is 2.53 bits per heavy atom. The van der Waals surface area contributed by atoms with Gasteiger partial charge in [-0.15, -0.1) is 0 Å². The third-order valence-corrected chi connectivity index (χ3v) is 5.28. The van der Waals surface area contributed by atoms with E-state index in [4.69, 9.17) is 5.73 Å². The van der Waals surface area contributed by atoms with Crippen LogP contribution in [0.2, 0.25) is 0 Å². The number of carbonyl (C=O) groups is 1. The summed E-state index contributed by atoms with van der Waals surface area (Å²) in [7, 11) is 0. The summed E-state index contributed by atoms with van der Waals surface area (Å²) < 4.78 is 0. The standard InChI is InChI=1S/C16H30N2O/c1-11(2)15(17)10-18-16(19)14-8-7-12-5-3-4-6-13(12)9-14/h11-15H,3-10,17H2,1-2H3,(H,18,19). The summed E-state index contributed by atoms with van der Waals surface area (Å²) in [5.41, 5.74) is 5.99. The number of hydrogen-bond donors (Lipinski definition) is 2. The van der Waals surface area contributed by atoms with Gasteiger partial charge in [0.2, 0.25) is 5.91 Å². The van der Waals surface area contributed by atoms with Gasteiger partial charge in [0, 0.05) is 18.5 Å². The smallest absolute Gasteiger partial charge is 0.223 e. The number of amides is 1. The maximum atomic E-state index is 12.2. The molecule has 0 aromatic carbocycles. The van der Waals surface area contributed by atoms with E-state index in [9.17, 15) is 4.79 Å². The molecule has 0 radical (unpaired) electrons. The van der Waals surface area contributed by atoms with E-state index in [0.717, 1.165) is 24.7 Å². The van der Waals surface area contributed by atoms with E-state index < -0.39 is 0 Å². The van der Waals surface area contributed by atoms with Crippen LogP contribution < -0.4 is 11.1 Å². The molecule has 0 spiro atoms. The summed E-state index contributed by atoms with van der Waals surface area (Å²) in [5, 5.41) is 3.07. The van der Waals surface area contributed by atoms with Gasteiger partial charge in [-0.3, -0.25) is 4.79 Å². The van der Waals surface area contributed by atoms with Crippen LogP contribution in [0.3, 0.4) is 0 Å². The van der Waals surface area contributed by atoms with Gasteiger partial charge in [0.05, 0.1) is 0 Å². The van der Waals surface area contributed by atoms with E-state index >= 15 is 0 Å². The Kier molecular flexibility index (Phi) is 5.26. The average molecular weight is 266 g/mol. The highest BCUT2D eigenvalue weighted by molar-refractivity contribution is 5.78. The first-order chi connectivity index (χ1) is 9.08. The maximum absolute atomic E-state index is 12.2. The van der Waals surface area contributed by atoms with Crippen molar-refractivity contribution in [3.8, 4) is 0 Å². The van der Waals surface area contributed by atoms with Gasteiger partial charge in [-0.05, 0) is 37.0 Å². The van der Waals surface area contributed by atoms with Crippen LogP contribution in [0.1, 0.15) is 58.8 Å². The van der Waals surface area contributed by atoms with Gasteiger partial charge in [-0.2, -0.15) is 0 Å². The molecule has 2 saturated carbocycles. The molecule has 110 valence electrons. The number of rotatable bonds is 4. The van der Waals surface area contributed by atoms with Crippen LogP contribution in [0.5, 0.6) is 0 Å². The Morgan fingerprint density at radius 2 is 1.84 bits per heavy atom. The highest BCUT2D eigenvalue weighted by atomic mass is 16.1. The van der Waals surface area contributed by atoms with Crippen LogP contribution in [-0.2, 0) is 4.79 Å². The van der Waals surface area contributed by atoms with Gasteiger partial charge >= 0.3 is 0 Å². The van der Waals surface area contributed by atoms with E-state index in [1.165, 1.54) is 32.1 Å². The fourth-order valence-corrected chi connectivity index (χ4v) is 3.71. The summed E-state index contributed by atoms with van der Waals surface area (Å²) in [6.07, 6.45) is 8.99. The number of nitrogens with two attached hydrogens (primary N) is 1. The summed E-state index contributed by atoms with van der Waals surface area (Å²) >= 11 is 0. The topological polar surface area (TPSA) is 55.1 Å². The quantitative estimate of drug-likeness (QED) is 0.822. The average Bonchev–Trinajstić information content (AvgIpc) is 2.43. The van der Waals surface area contributed by atoms with Crippen LogP contribution in [0.25, 0.3) is 0 Å². The number of fused-ring (bicyclic) bond motifs is 1. The summed E-state index contributed by atoms with van der Waals surface area (Å²) in [5.74, 6) is 2.65. The molecular weight excluding hydrogens is 236 g/mol. The molecule has 2 rings (SSSR count). The first kappa shape index (κ1) is 14.8. The minimum absolute atomic E-state index is 0.0787. The minimum Gasteiger partial charge on any atom is -0.354 e. The number of carbonyl (C=O) groups excluding carboxylic acids is 1. The van der Waals surface area contributed by atoms with Gasteiger partial charge in [-0.25, -0.2) is 0 Å². The van der Waals surface area contributed by atoms with Crippen molar-refractivity contribution in [2.45, 2.75) is 64.8 Å². The molecule has 0 saturated heterocycles. The molecule has 4 unspecified atom stereocenters. The van der Waals surface area contributed by atoms with Gasteiger partial charge in [0.1, 0.15) is 0 Å². The van der Waals surface area contributed by atoms with Crippen LogP contribution >= 0.6 is 0 Å². The van der Waals surface area contributed by atoms with Crippen molar-refractivity contribution in [3.63, 3.8) is 0 Å². The molecule has 0 aliphatic heterocycles. The zero-order valence-corrected chi connectivity index (χ0v) is 12.5. The van der Waals surface area contributed by atoms with E-state index in [1.54, 1.807) is 0 Å². The molecule has 19 heavy (non-hydrogen) atoms. The highest BCUT2D eigenvalue weighted by Crippen LogP contribution is 2.42. The third kappa shape index (κ3) is 3.95. The van der Waals surface area contributed by atoms with Crippen molar-refractivity contribution in [1.29, 1.82) is 0 Å². The van der Waals surface area contributed by atoms with Crippen molar-refractivity contribution in [2.24, 2.45) is 29.4 Å². The second kappa shape index (κ2) is 6.74. The molecule has 0 heterocycles. The first-order valence-corrected chi connectivity index (χ1v) is 8.11. The lowest BCUT2D eigenvalue weighted by Crippen LogP contribution is -2.44. The summed E-state index contributed by atoms with van der Waals surface area (Å²) in [4.78, 5) is 12.2. The Bertz CT molecular complexity index is 303. The third-order valence-electron chi connectivity index (χ3n) is 5.28. The highest BCUT2D eigenvalue weighted by Gasteiger charge is 2.34. The van der Waals surface area contributed by atoms with Crippen molar-refractivity contribution in [1.82, 2.24) is 5.32 Å². The predicted molar refractivity (Wildman–Crippen MR) is 78.6 cm³/mol. The lowest BCUT2D eigenvalue weighted by Gasteiger charge is -2.38. The van der Waals surface area contributed by atoms with Gasteiger partial charge in [-0.1, -0.05) is 39.5 Å². The molecule has 1 amide bonds. The molecule has 4 atom stereocenters. The van der Waals surface area contributed by atoms with Crippen LogP contribution in [-0.4, -0.2) is 18.5 Å².